The van der Waals surface area contributed by atoms with Crippen molar-refractivity contribution in [1.82, 2.24) is 9.97 Å². The number of imidazole rings is 1. The highest BCUT2D eigenvalue weighted by Crippen LogP contribution is 2.16. The monoisotopic (exact) mass is 285 g/mol. The fraction of sp³-hybridized carbons (Fsp3) is 0.188. The number of hydrogen-bond acceptors (Lipinski definition) is 2. The van der Waals surface area contributed by atoms with Gasteiger partial charge < -0.3 is 10.3 Å². The number of benzene rings is 2. The molecule has 3 nitrogen and oxygen atoms in total. The lowest BCUT2D eigenvalue weighted by Gasteiger charge is -2.03. The van der Waals surface area contributed by atoms with Crippen molar-refractivity contribution in [3.05, 3.63) is 58.9 Å². The van der Waals surface area contributed by atoms with Crippen LogP contribution in [0.4, 0.5) is 5.69 Å². The summed E-state index contributed by atoms with van der Waals surface area (Å²) in [4.78, 5) is 7.93. The molecule has 102 valence electrons. The number of nitrogens with zero attached hydrogens (tertiary/aromatic N) is 1. The quantitative estimate of drug-likeness (QED) is 0.746. The van der Waals surface area contributed by atoms with Gasteiger partial charge in [0.05, 0.1) is 17.6 Å². The highest BCUT2D eigenvalue weighted by Gasteiger charge is 2.03. The van der Waals surface area contributed by atoms with Crippen LogP contribution in [0.15, 0.2) is 42.5 Å². The number of aryl methyl sites for hydroxylation is 1. The molecule has 2 N–H and O–H groups in total. The molecule has 0 radical (unpaired) electrons. The minimum Gasteiger partial charge on any atom is -0.378 e. The molecule has 3 aromatic rings. The Morgan fingerprint density at radius 1 is 1.15 bits per heavy atom. The third-order valence-electron chi connectivity index (χ3n) is 3.31. The number of H-pyrrole nitrogens is 1. The van der Waals surface area contributed by atoms with Crippen molar-refractivity contribution in [1.29, 1.82) is 0 Å². The van der Waals surface area contributed by atoms with Gasteiger partial charge in [-0.15, -0.1) is 0 Å². The molecule has 0 spiro atoms. The molecule has 0 unspecified atom stereocenters. The van der Waals surface area contributed by atoms with Crippen LogP contribution in [0.5, 0.6) is 0 Å². The Labute approximate surface area is 123 Å². The van der Waals surface area contributed by atoms with E-state index >= 15 is 0 Å². The Morgan fingerprint density at radius 3 is 2.70 bits per heavy atom. The summed E-state index contributed by atoms with van der Waals surface area (Å²) in [5.74, 6) is 0.934. The molecule has 0 aliphatic rings. The number of halogens is 1. The summed E-state index contributed by atoms with van der Waals surface area (Å²) in [5.41, 5.74) is 4.45. The number of rotatable bonds is 4. The van der Waals surface area contributed by atoms with Gasteiger partial charge in [0, 0.05) is 10.7 Å². The average molecular weight is 286 g/mol. The Kier molecular flexibility index (Phi) is 3.61. The number of aromatic amines is 1. The SMILES string of the molecule is CCc1ccc2nc(CNc3ccc(Cl)cc3)[nH]c2c1. The molecular weight excluding hydrogens is 270 g/mol. The Morgan fingerprint density at radius 2 is 1.95 bits per heavy atom. The summed E-state index contributed by atoms with van der Waals surface area (Å²) < 4.78 is 0. The van der Waals surface area contributed by atoms with Crippen molar-refractivity contribution in [3.63, 3.8) is 0 Å². The molecule has 0 aliphatic carbocycles. The van der Waals surface area contributed by atoms with Gasteiger partial charge in [-0.3, -0.25) is 0 Å². The topological polar surface area (TPSA) is 40.7 Å². The average Bonchev–Trinajstić information content (AvgIpc) is 2.88. The zero-order chi connectivity index (χ0) is 13.9. The molecule has 20 heavy (non-hydrogen) atoms. The van der Waals surface area contributed by atoms with E-state index in [1.165, 1.54) is 5.56 Å². The van der Waals surface area contributed by atoms with E-state index in [1.807, 2.05) is 24.3 Å². The second-order valence-corrected chi connectivity index (χ2v) is 5.19. The van der Waals surface area contributed by atoms with Gasteiger partial charge in [0.25, 0.3) is 0 Å². The normalized spacial score (nSPS) is 10.9. The van der Waals surface area contributed by atoms with E-state index in [0.29, 0.717) is 6.54 Å². The third-order valence-corrected chi connectivity index (χ3v) is 3.56. The largest absolute Gasteiger partial charge is 0.378 e. The molecule has 0 saturated heterocycles. The molecule has 0 atom stereocenters. The minimum atomic E-state index is 0.664. The standard InChI is InChI=1S/C16H16ClN3/c1-2-11-3-8-14-15(9-11)20-16(19-14)10-18-13-6-4-12(17)5-7-13/h3-9,18H,2,10H2,1H3,(H,19,20). The number of aromatic nitrogens is 2. The molecular formula is C16H16ClN3. The maximum Gasteiger partial charge on any atom is 0.126 e. The smallest absolute Gasteiger partial charge is 0.126 e. The van der Waals surface area contributed by atoms with Crippen LogP contribution in [0, 0.1) is 0 Å². The van der Waals surface area contributed by atoms with Crippen LogP contribution >= 0.6 is 11.6 Å². The van der Waals surface area contributed by atoms with Crippen molar-refractivity contribution < 1.29 is 0 Å². The van der Waals surface area contributed by atoms with Crippen molar-refractivity contribution in [2.75, 3.05) is 5.32 Å². The predicted molar refractivity (Wildman–Crippen MR) is 84.3 cm³/mol. The van der Waals surface area contributed by atoms with E-state index in [0.717, 1.165) is 34.0 Å². The summed E-state index contributed by atoms with van der Waals surface area (Å²) >= 11 is 5.86. The van der Waals surface area contributed by atoms with Gasteiger partial charge >= 0.3 is 0 Å². The Hall–Kier alpha value is -2.00. The van der Waals surface area contributed by atoms with Crippen LogP contribution in [0.2, 0.25) is 5.02 Å². The number of hydrogen-bond donors (Lipinski definition) is 2. The molecule has 0 amide bonds. The number of nitrogens with one attached hydrogen (secondary N) is 2. The lowest BCUT2D eigenvalue weighted by atomic mass is 10.1. The van der Waals surface area contributed by atoms with Gasteiger partial charge in [0.15, 0.2) is 0 Å². The maximum atomic E-state index is 5.86. The van der Waals surface area contributed by atoms with Gasteiger partial charge in [0.2, 0.25) is 0 Å². The van der Waals surface area contributed by atoms with Gasteiger partial charge in [-0.25, -0.2) is 4.98 Å². The minimum absolute atomic E-state index is 0.664. The highest BCUT2D eigenvalue weighted by molar-refractivity contribution is 6.30. The van der Waals surface area contributed by atoms with Crippen LogP contribution in [-0.2, 0) is 13.0 Å². The first-order chi connectivity index (χ1) is 9.74. The Balaban J connectivity index is 1.75. The summed E-state index contributed by atoms with van der Waals surface area (Å²) in [6.45, 7) is 2.82. The van der Waals surface area contributed by atoms with E-state index in [1.54, 1.807) is 0 Å². The van der Waals surface area contributed by atoms with Gasteiger partial charge in [-0.1, -0.05) is 24.6 Å². The van der Waals surface area contributed by atoms with Crippen LogP contribution < -0.4 is 5.32 Å². The van der Waals surface area contributed by atoms with Crippen molar-refractivity contribution >= 4 is 28.3 Å². The summed E-state index contributed by atoms with van der Waals surface area (Å²) in [6, 6.07) is 14.0. The third kappa shape index (κ3) is 2.78. The number of anilines is 1. The van der Waals surface area contributed by atoms with Crippen LogP contribution in [0.25, 0.3) is 11.0 Å². The maximum absolute atomic E-state index is 5.86. The van der Waals surface area contributed by atoms with Gasteiger partial charge in [0.1, 0.15) is 5.82 Å². The van der Waals surface area contributed by atoms with Gasteiger partial charge in [-0.2, -0.15) is 0 Å². The van der Waals surface area contributed by atoms with E-state index < -0.39 is 0 Å². The fourth-order valence-corrected chi connectivity index (χ4v) is 2.29. The van der Waals surface area contributed by atoms with Crippen molar-refractivity contribution in [2.24, 2.45) is 0 Å². The zero-order valence-electron chi connectivity index (χ0n) is 11.3. The van der Waals surface area contributed by atoms with Crippen LogP contribution in [0.1, 0.15) is 18.3 Å². The predicted octanol–water partition coefficient (Wildman–Crippen LogP) is 4.39. The molecule has 0 bridgehead atoms. The van der Waals surface area contributed by atoms with Crippen molar-refractivity contribution in [2.45, 2.75) is 19.9 Å². The molecule has 0 aliphatic heterocycles. The van der Waals surface area contributed by atoms with E-state index in [2.05, 4.69) is 40.4 Å². The number of fused-ring (bicyclic) bond motifs is 1. The molecule has 2 aromatic carbocycles. The summed E-state index contributed by atoms with van der Waals surface area (Å²) in [5, 5.41) is 4.07. The Bertz CT molecular complexity index is 716. The summed E-state index contributed by atoms with van der Waals surface area (Å²) in [6.07, 6.45) is 1.04. The second kappa shape index (κ2) is 5.55. The molecule has 4 heteroatoms. The van der Waals surface area contributed by atoms with E-state index in [9.17, 15) is 0 Å². The first kappa shape index (κ1) is 13.0. The lowest BCUT2D eigenvalue weighted by molar-refractivity contribution is 1.01. The van der Waals surface area contributed by atoms with E-state index in [4.69, 9.17) is 11.6 Å². The first-order valence-corrected chi connectivity index (χ1v) is 7.09. The molecule has 0 saturated carbocycles. The highest BCUT2D eigenvalue weighted by atomic mass is 35.5. The zero-order valence-corrected chi connectivity index (χ0v) is 12.0. The van der Waals surface area contributed by atoms with Gasteiger partial charge in [-0.05, 0) is 48.4 Å². The second-order valence-electron chi connectivity index (χ2n) is 4.75. The molecule has 0 fully saturated rings. The fourth-order valence-electron chi connectivity index (χ4n) is 2.17. The van der Waals surface area contributed by atoms with Crippen LogP contribution in [-0.4, -0.2) is 9.97 Å². The van der Waals surface area contributed by atoms with Crippen molar-refractivity contribution in [3.8, 4) is 0 Å². The first-order valence-electron chi connectivity index (χ1n) is 6.71. The lowest BCUT2D eigenvalue weighted by Crippen LogP contribution is -2.00. The molecule has 1 heterocycles. The van der Waals surface area contributed by atoms with Crippen LogP contribution in [0.3, 0.4) is 0 Å². The summed E-state index contributed by atoms with van der Waals surface area (Å²) in [7, 11) is 0. The van der Waals surface area contributed by atoms with E-state index in [-0.39, 0.29) is 0 Å². The molecule has 1 aromatic heterocycles. The molecule has 3 rings (SSSR count).